The van der Waals surface area contributed by atoms with Crippen molar-refractivity contribution in [2.24, 2.45) is 0 Å². The number of hydrogen-bond acceptors (Lipinski definition) is 15. The zero-order valence-electron chi connectivity index (χ0n) is 72.5. The molecule has 0 N–H and O–H groups in total. The van der Waals surface area contributed by atoms with Gasteiger partial charge in [-0.15, -0.1) is 0 Å². The second-order valence-corrected chi connectivity index (χ2v) is 34.4. The van der Waals surface area contributed by atoms with Crippen LogP contribution in [0.5, 0.6) is 5.75 Å². The first-order chi connectivity index (χ1) is 64.7. The van der Waals surface area contributed by atoms with Gasteiger partial charge in [-0.25, -0.2) is 49.8 Å². The Kier molecular flexibility index (Phi) is 24.3. The van der Waals surface area contributed by atoms with Gasteiger partial charge in [-0.3, -0.25) is 0 Å². The molecule has 0 bridgehead atoms. The predicted molar refractivity (Wildman–Crippen MR) is 525 cm³/mol. The lowest BCUT2D eigenvalue weighted by Gasteiger charge is -2.32. The topological polar surface area (TPSA) is 191 Å². The predicted octanol–water partition coefficient (Wildman–Crippen LogP) is 26.8. The molecule has 644 valence electrons. The van der Waals surface area contributed by atoms with Crippen molar-refractivity contribution in [1.82, 2.24) is 49.8 Å². The Hall–Kier alpha value is -16.3. The molecule has 0 unspecified atom stereocenters. The third-order valence-corrected chi connectivity index (χ3v) is 24.4. The van der Waals surface area contributed by atoms with Crippen LogP contribution in [0, 0.1) is 0 Å². The molecule has 5 heterocycles. The fourth-order valence-corrected chi connectivity index (χ4v) is 15.9. The molecule has 0 spiro atoms. The van der Waals surface area contributed by atoms with E-state index < -0.39 is 21.4 Å². The first kappa shape index (κ1) is 86.1. The molecule has 1 fully saturated rings. The van der Waals surface area contributed by atoms with Gasteiger partial charge in [0.2, 0.25) is 0 Å². The summed E-state index contributed by atoms with van der Waals surface area (Å²) in [6.07, 6.45) is 0. The number of nitrogens with zero attached hydrogens (tertiary/aromatic N) is 10. The van der Waals surface area contributed by atoms with Crippen molar-refractivity contribution in [3.05, 3.63) is 425 Å². The molecule has 0 saturated carbocycles. The molecule has 0 amide bonds. The minimum absolute atomic E-state index is 0.363. The van der Waals surface area contributed by atoms with E-state index in [1.807, 2.05) is 243 Å². The summed E-state index contributed by atoms with van der Waals surface area (Å²) in [7, 11) is -6.15. The number of alkyl halides is 3. The number of hydrogen-bond donors (Lipinski definition) is 0. The Balaban J connectivity index is 0.000000134. The second-order valence-electron chi connectivity index (χ2n) is 32.9. The van der Waals surface area contributed by atoms with E-state index >= 15 is 0 Å². The third kappa shape index (κ3) is 19.6. The zero-order valence-corrected chi connectivity index (χ0v) is 73.4. The van der Waals surface area contributed by atoms with E-state index in [2.05, 4.69) is 184 Å². The van der Waals surface area contributed by atoms with Gasteiger partial charge in [0.25, 0.3) is 0 Å². The zero-order chi connectivity index (χ0) is 91.1. The normalized spacial score (nSPS) is 12.7. The van der Waals surface area contributed by atoms with Gasteiger partial charge >= 0.3 is 22.7 Å². The van der Waals surface area contributed by atoms with E-state index in [0.29, 0.717) is 57.4 Å². The summed E-state index contributed by atoms with van der Waals surface area (Å²) in [6, 6.07) is 140. The van der Waals surface area contributed by atoms with Crippen molar-refractivity contribution in [2.45, 2.75) is 44.4 Å². The fourth-order valence-electron chi connectivity index (χ4n) is 15.5. The van der Waals surface area contributed by atoms with Gasteiger partial charge in [-0.1, -0.05) is 382 Å². The lowest BCUT2D eigenvalue weighted by atomic mass is 9.79. The van der Waals surface area contributed by atoms with Gasteiger partial charge in [0.05, 0.1) is 34.0 Å². The van der Waals surface area contributed by atoms with Gasteiger partial charge in [0, 0.05) is 66.8 Å². The lowest BCUT2D eigenvalue weighted by Crippen LogP contribution is -2.41. The van der Waals surface area contributed by atoms with E-state index in [9.17, 15) is 21.6 Å². The van der Waals surface area contributed by atoms with Crippen LogP contribution in [0.15, 0.2) is 425 Å². The van der Waals surface area contributed by atoms with Crippen molar-refractivity contribution in [3.8, 4) is 175 Å². The SMILES string of the molecule is CC1(C)OB(c2ccc(-c3cc(-c4ccccc4)nc(-c4ccccc4)n3)cc2)OC1(C)C.O=S(=O)(Oc1ccc2ccc(-c3ccc(-c4nc(-c5ccccc5)nc(-c5ccccc5)n4)cc3)cc2c1)C(F)(F)F.c1ccc(-c2cc(-c3ccc(-c4ccc5ccc(-c6ccc(-c7nc(-c8ccccc8)nc(-c8ccccc8)n7)cc6)cc5c4)cc3)nc(-c3ccccc3)n2)cc1. The maximum atomic E-state index is 12.8. The van der Waals surface area contributed by atoms with Crippen LogP contribution in [0.3, 0.4) is 0 Å². The largest absolute Gasteiger partial charge is 0.534 e. The van der Waals surface area contributed by atoms with Crippen LogP contribution in [0.4, 0.5) is 13.2 Å². The van der Waals surface area contributed by atoms with Crippen molar-refractivity contribution in [2.75, 3.05) is 0 Å². The van der Waals surface area contributed by atoms with E-state index in [1.54, 1.807) is 12.1 Å². The molecule has 133 heavy (non-hydrogen) atoms. The minimum Gasteiger partial charge on any atom is -0.399 e. The van der Waals surface area contributed by atoms with Crippen molar-refractivity contribution >= 4 is 44.2 Å². The molecule has 20 heteroatoms. The third-order valence-electron chi connectivity index (χ3n) is 23.4. The van der Waals surface area contributed by atoms with Gasteiger partial charge in [-0.05, 0) is 131 Å². The van der Waals surface area contributed by atoms with Crippen LogP contribution in [-0.2, 0) is 19.4 Å². The number of halogens is 3. The molecule has 0 aliphatic carbocycles. The van der Waals surface area contributed by atoms with Crippen molar-refractivity contribution in [3.63, 3.8) is 0 Å². The van der Waals surface area contributed by atoms with E-state index in [1.165, 1.54) is 29.0 Å². The molecule has 4 aromatic heterocycles. The molecular formula is C113H82BF3N10O5S. The number of aromatic nitrogens is 10. The van der Waals surface area contributed by atoms with Gasteiger partial charge < -0.3 is 13.5 Å². The summed E-state index contributed by atoms with van der Waals surface area (Å²) < 4.78 is 77.9. The van der Waals surface area contributed by atoms with Crippen LogP contribution < -0.4 is 9.65 Å². The fraction of sp³-hybridized carbons (Fsp3) is 0.0619. The first-order valence-corrected chi connectivity index (χ1v) is 44.7. The highest BCUT2D eigenvalue weighted by atomic mass is 32.2. The van der Waals surface area contributed by atoms with Gasteiger partial charge in [-0.2, -0.15) is 21.6 Å². The highest BCUT2D eigenvalue weighted by Gasteiger charge is 2.52. The second kappa shape index (κ2) is 37.4. The van der Waals surface area contributed by atoms with Crippen LogP contribution in [-0.4, -0.2) is 82.1 Å². The number of fused-ring (bicyclic) bond motifs is 2. The molecule has 21 rings (SSSR count). The summed E-state index contributed by atoms with van der Waals surface area (Å²) in [5, 5.41) is 3.59. The van der Waals surface area contributed by atoms with Crippen LogP contribution in [0.25, 0.3) is 191 Å². The molecule has 1 aliphatic rings. The van der Waals surface area contributed by atoms with E-state index in [0.717, 1.165) is 128 Å². The first-order valence-electron chi connectivity index (χ1n) is 43.3. The Morgan fingerprint density at radius 2 is 0.444 bits per heavy atom. The minimum atomic E-state index is -5.77. The lowest BCUT2D eigenvalue weighted by molar-refractivity contribution is -0.0500. The summed E-state index contributed by atoms with van der Waals surface area (Å²) in [5.74, 6) is 4.52. The highest BCUT2D eigenvalue weighted by molar-refractivity contribution is 7.88. The van der Waals surface area contributed by atoms with Crippen LogP contribution in [0.2, 0.25) is 0 Å². The van der Waals surface area contributed by atoms with E-state index in [-0.39, 0.29) is 18.3 Å². The Morgan fingerprint density at radius 1 is 0.233 bits per heavy atom. The van der Waals surface area contributed by atoms with Gasteiger partial charge in [0.1, 0.15) is 5.75 Å². The Morgan fingerprint density at radius 3 is 0.722 bits per heavy atom. The molecule has 20 aromatic rings. The quantitative estimate of drug-likeness (QED) is 0.0447. The molecular weight excluding hydrogens is 1680 g/mol. The monoisotopic (exact) mass is 1760 g/mol. The Bertz CT molecular complexity index is 7220. The standard InChI is InChI=1S/C53H35N5.C32H20F3N3O3S.C28H27BN2O2/c1-5-13-39(14-6-1)48-35-49(55-50(54-48)41-15-7-2-8-16-41)40-27-21-36(22-28-40)45-31-25-38-26-32-46(34-47(38)33-45)37-23-29-44(30-24-37)53-57-51(42-17-9-3-10-18-42)56-52(58-53)43-19-11-4-12-20-43;33-32(34,35)42(39,40)41-28-18-17-22-13-16-26(19-27(22)20-28)21-11-14-25(15-12-21)31-37-29(23-7-3-1-4-8-23)36-30(38-31)24-9-5-2-6-10-24;1-27(2)28(3,4)33-29(32-27)23-17-15-21(16-18-23)25-19-24(20-11-7-5-8-12-20)30-26(31-25)22-13-9-6-10-14-22/h1-35H;1-20H;5-19H,1-4H3. The van der Waals surface area contributed by atoms with Crippen molar-refractivity contribution < 1.29 is 35.1 Å². The van der Waals surface area contributed by atoms with Crippen LogP contribution >= 0.6 is 0 Å². The smallest absolute Gasteiger partial charge is 0.399 e. The van der Waals surface area contributed by atoms with Crippen molar-refractivity contribution in [1.29, 1.82) is 0 Å². The average Bonchev–Trinajstić information content (AvgIpc) is 1.59. The average molecular weight is 1760 g/mol. The molecule has 1 aliphatic heterocycles. The van der Waals surface area contributed by atoms with E-state index in [4.69, 9.17) is 59.1 Å². The number of benzene rings is 16. The van der Waals surface area contributed by atoms with Crippen LogP contribution in [0.1, 0.15) is 27.7 Å². The van der Waals surface area contributed by atoms with Gasteiger partial charge in [0.15, 0.2) is 46.6 Å². The number of rotatable bonds is 18. The Labute approximate surface area is 768 Å². The molecule has 15 nitrogen and oxygen atoms in total. The summed E-state index contributed by atoms with van der Waals surface area (Å²) in [6.45, 7) is 8.27. The molecule has 0 atom stereocenters. The molecule has 1 saturated heterocycles. The summed E-state index contributed by atoms with van der Waals surface area (Å²) >= 11 is 0. The summed E-state index contributed by atoms with van der Waals surface area (Å²) in [4.78, 5) is 48.6. The molecule has 0 radical (unpaired) electrons. The maximum Gasteiger partial charge on any atom is 0.534 e. The summed E-state index contributed by atoms with van der Waals surface area (Å²) in [5.41, 5.74) is 16.0. The highest BCUT2D eigenvalue weighted by Crippen LogP contribution is 2.40. The maximum absolute atomic E-state index is 12.8. The molecule has 16 aromatic carbocycles.